The molecule has 2 fully saturated rings. The van der Waals surface area contributed by atoms with Crippen molar-refractivity contribution >= 4 is 30.1 Å². The maximum atomic E-state index is 12.0. The third-order valence-corrected chi connectivity index (χ3v) is 4.46. The Labute approximate surface area is 108 Å². The normalized spacial score (nSPS) is 29.9. The molecule has 2 heterocycles. The van der Waals surface area contributed by atoms with Crippen LogP contribution in [0.4, 0.5) is 0 Å². The number of hydrogen-bond acceptors (Lipinski definition) is 3. The number of nitrogens with zero attached hydrogens (tertiary/aromatic N) is 1. The molecule has 2 rings (SSSR count). The number of carbonyl (C=O) groups is 1. The third kappa shape index (κ3) is 3.54. The second-order valence-electron chi connectivity index (χ2n) is 4.51. The summed E-state index contributed by atoms with van der Waals surface area (Å²) in [6.07, 6.45) is 3.10. The molecule has 0 bridgehead atoms. The number of carbonyl (C=O) groups excluding carboxylic acids is 1. The summed E-state index contributed by atoms with van der Waals surface area (Å²) in [5.74, 6) is 2.56. The Morgan fingerprint density at radius 3 is 3.00 bits per heavy atom. The lowest BCUT2D eigenvalue weighted by Crippen LogP contribution is -2.46. The molecule has 2 saturated heterocycles. The Balaban J connectivity index is 0.00000128. The predicted molar refractivity (Wildman–Crippen MR) is 71.4 cm³/mol. The van der Waals surface area contributed by atoms with E-state index in [0.29, 0.717) is 24.4 Å². The highest BCUT2D eigenvalue weighted by Gasteiger charge is 2.26. The first kappa shape index (κ1) is 14.1. The van der Waals surface area contributed by atoms with Crippen molar-refractivity contribution in [2.75, 3.05) is 24.6 Å². The average molecular weight is 265 g/mol. The van der Waals surface area contributed by atoms with Crippen LogP contribution in [-0.2, 0) is 4.79 Å². The van der Waals surface area contributed by atoms with Gasteiger partial charge in [0.1, 0.15) is 0 Å². The van der Waals surface area contributed by atoms with Gasteiger partial charge in [-0.15, -0.1) is 12.4 Å². The molecule has 0 aromatic heterocycles. The van der Waals surface area contributed by atoms with Gasteiger partial charge in [-0.2, -0.15) is 11.8 Å². The molecule has 0 aromatic rings. The summed E-state index contributed by atoms with van der Waals surface area (Å²) in [4.78, 5) is 14.1. The molecule has 5 heteroatoms. The van der Waals surface area contributed by atoms with Gasteiger partial charge in [0.2, 0.25) is 5.91 Å². The lowest BCUT2D eigenvalue weighted by atomic mass is 10.1. The van der Waals surface area contributed by atoms with E-state index in [0.717, 1.165) is 24.6 Å². The van der Waals surface area contributed by atoms with Crippen LogP contribution in [0.2, 0.25) is 0 Å². The number of rotatable bonds is 2. The highest BCUT2D eigenvalue weighted by atomic mass is 35.5. The summed E-state index contributed by atoms with van der Waals surface area (Å²) in [7, 11) is 0. The number of nitrogens with one attached hydrogen (secondary N) is 1. The zero-order valence-corrected chi connectivity index (χ0v) is 11.4. The van der Waals surface area contributed by atoms with Crippen LogP contribution in [0, 0.1) is 0 Å². The zero-order chi connectivity index (χ0) is 10.7. The lowest BCUT2D eigenvalue weighted by molar-refractivity contribution is -0.133. The Morgan fingerprint density at radius 1 is 1.56 bits per heavy atom. The molecule has 94 valence electrons. The Hall–Kier alpha value is 0.0700. The van der Waals surface area contributed by atoms with E-state index in [2.05, 4.69) is 17.1 Å². The van der Waals surface area contributed by atoms with Crippen LogP contribution in [0.5, 0.6) is 0 Å². The van der Waals surface area contributed by atoms with E-state index >= 15 is 0 Å². The summed E-state index contributed by atoms with van der Waals surface area (Å²) in [6.45, 7) is 4.19. The van der Waals surface area contributed by atoms with E-state index in [-0.39, 0.29) is 12.4 Å². The molecule has 1 N–H and O–H groups in total. The monoisotopic (exact) mass is 264 g/mol. The maximum Gasteiger partial charge on any atom is 0.224 e. The summed E-state index contributed by atoms with van der Waals surface area (Å²) in [5.41, 5.74) is 0. The van der Waals surface area contributed by atoms with Crippen LogP contribution in [0.25, 0.3) is 0 Å². The van der Waals surface area contributed by atoms with Gasteiger partial charge in [0, 0.05) is 36.6 Å². The summed E-state index contributed by atoms with van der Waals surface area (Å²) >= 11 is 1.96. The Bertz CT molecular complexity index is 234. The SMILES string of the molecule is CC1CSCCN1C(=O)CC1CCCN1.Cl. The summed E-state index contributed by atoms with van der Waals surface area (Å²) in [5, 5.41) is 3.39. The molecule has 2 unspecified atom stereocenters. The summed E-state index contributed by atoms with van der Waals surface area (Å²) in [6, 6.07) is 0.872. The highest BCUT2D eigenvalue weighted by Crippen LogP contribution is 2.18. The van der Waals surface area contributed by atoms with E-state index in [1.54, 1.807) is 0 Å². The van der Waals surface area contributed by atoms with Gasteiger partial charge >= 0.3 is 0 Å². The van der Waals surface area contributed by atoms with E-state index in [9.17, 15) is 4.79 Å². The van der Waals surface area contributed by atoms with Gasteiger partial charge in [-0.05, 0) is 26.3 Å². The number of hydrogen-bond donors (Lipinski definition) is 1. The molecule has 0 aromatic carbocycles. The summed E-state index contributed by atoms with van der Waals surface area (Å²) < 4.78 is 0. The maximum absolute atomic E-state index is 12.0. The molecular weight excluding hydrogens is 244 g/mol. The molecule has 1 amide bonds. The van der Waals surface area contributed by atoms with Crippen molar-refractivity contribution in [3.8, 4) is 0 Å². The topological polar surface area (TPSA) is 32.3 Å². The Kier molecular flexibility index (Phi) is 5.94. The van der Waals surface area contributed by atoms with Crippen molar-refractivity contribution in [1.82, 2.24) is 10.2 Å². The van der Waals surface area contributed by atoms with Gasteiger partial charge in [-0.25, -0.2) is 0 Å². The van der Waals surface area contributed by atoms with Crippen LogP contribution in [-0.4, -0.2) is 47.5 Å². The van der Waals surface area contributed by atoms with E-state index < -0.39 is 0 Å². The first-order chi connectivity index (χ1) is 7.27. The second-order valence-corrected chi connectivity index (χ2v) is 5.66. The predicted octanol–water partition coefficient (Wildman–Crippen LogP) is 1.51. The zero-order valence-electron chi connectivity index (χ0n) is 9.78. The van der Waals surface area contributed by atoms with Crippen LogP contribution in [0.1, 0.15) is 26.2 Å². The van der Waals surface area contributed by atoms with Crippen LogP contribution >= 0.6 is 24.2 Å². The van der Waals surface area contributed by atoms with Crippen LogP contribution in [0.15, 0.2) is 0 Å². The van der Waals surface area contributed by atoms with Gasteiger partial charge in [0.25, 0.3) is 0 Å². The van der Waals surface area contributed by atoms with Gasteiger partial charge in [0.15, 0.2) is 0 Å². The molecule has 2 aliphatic rings. The van der Waals surface area contributed by atoms with E-state index in [1.165, 1.54) is 12.8 Å². The fourth-order valence-electron chi connectivity index (χ4n) is 2.36. The minimum atomic E-state index is 0. The molecule has 0 spiro atoms. The largest absolute Gasteiger partial charge is 0.338 e. The van der Waals surface area contributed by atoms with Crippen molar-refractivity contribution in [3.05, 3.63) is 0 Å². The first-order valence-electron chi connectivity index (χ1n) is 5.88. The molecule has 0 radical (unpaired) electrons. The number of thioether (sulfide) groups is 1. The van der Waals surface area contributed by atoms with Gasteiger partial charge < -0.3 is 10.2 Å². The average Bonchev–Trinajstić information content (AvgIpc) is 2.71. The second kappa shape index (κ2) is 6.72. The fraction of sp³-hybridized carbons (Fsp3) is 0.909. The molecule has 0 saturated carbocycles. The molecule has 16 heavy (non-hydrogen) atoms. The van der Waals surface area contributed by atoms with Gasteiger partial charge in [-0.3, -0.25) is 4.79 Å². The van der Waals surface area contributed by atoms with Crippen LogP contribution in [0.3, 0.4) is 0 Å². The van der Waals surface area contributed by atoms with E-state index in [4.69, 9.17) is 0 Å². The minimum Gasteiger partial charge on any atom is -0.338 e. The Morgan fingerprint density at radius 2 is 2.38 bits per heavy atom. The van der Waals surface area contributed by atoms with Gasteiger partial charge in [0.05, 0.1) is 0 Å². The minimum absolute atomic E-state index is 0. The molecular formula is C11H21ClN2OS. The molecule has 2 atom stereocenters. The van der Waals surface area contributed by atoms with Crippen molar-refractivity contribution in [3.63, 3.8) is 0 Å². The quantitative estimate of drug-likeness (QED) is 0.821. The molecule has 3 nitrogen and oxygen atoms in total. The van der Waals surface area contributed by atoms with E-state index in [1.807, 2.05) is 11.8 Å². The van der Waals surface area contributed by atoms with Crippen molar-refractivity contribution in [2.45, 2.75) is 38.3 Å². The third-order valence-electron chi connectivity index (χ3n) is 3.27. The molecule has 2 aliphatic heterocycles. The van der Waals surface area contributed by atoms with Crippen LogP contribution < -0.4 is 5.32 Å². The van der Waals surface area contributed by atoms with Gasteiger partial charge in [-0.1, -0.05) is 0 Å². The van der Waals surface area contributed by atoms with Crippen molar-refractivity contribution < 1.29 is 4.79 Å². The lowest BCUT2D eigenvalue weighted by Gasteiger charge is -2.33. The standard InChI is InChI=1S/C11H20N2OS.ClH/c1-9-8-15-6-5-13(9)11(14)7-10-3-2-4-12-10;/h9-10,12H,2-8H2,1H3;1H. The smallest absolute Gasteiger partial charge is 0.224 e. The van der Waals surface area contributed by atoms with Crippen molar-refractivity contribution in [2.24, 2.45) is 0 Å². The first-order valence-corrected chi connectivity index (χ1v) is 7.03. The number of halogens is 1. The molecule has 0 aliphatic carbocycles. The fourth-order valence-corrected chi connectivity index (χ4v) is 3.37. The highest BCUT2D eigenvalue weighted by molar-refractivity contribution is 7.99. The number of amides is 1. The van der Waals surface area contributed by atoms with Crippen molar-refractivity contribution in [1.29, 1.82) is 0 Å².